The minimum Gasteiger partial charge on any atom is -0.340 e. The smallest absolute Gasteiger partial charge is 0.223 e. The van der Waals surface area contributed by atoms with E-state index in [-0.39, 0.29) is 11.9 Å². The lowest BCUT2D eigenvalue weighted by atomic mass is 10.0. The highest BCUT2D eigenvalue weighted by molar-refractivity contribution is 5.85. The first-order chi connectivity index (χ1) is 16.0. The average molecular weight is 442 g/mol. The predicted octanol–water partition coefficient (Wildman–Crippen LogP) is 5.31. The molecule has 5 nitrogen and oxygen atoms in total. The molecule has 1 fully saturated rings. The van der Waals surface area contributed by atoms with E-state index in [0.29, 0.717) is 24.3 Å². The van der Waals surface area contributed by atoms with Gasteiger partial charge >= 0.3 is 0 Å². The number of amides is 1. The molecule has 5 heteroatoms. The van der Waals surface area contributed by atoms with E-state index >= 15 is 0 Å². The van der Waals surface area contributed by atoms with Gasteiger partial charge in [-0.25, -0.2) is 0 Å². The van der Waals surface area contributed by atoms with Crippen molar-refractivity contribution < 1.29 is 9.59 Å². The number of fused-ring (bicyclic) bond motifs is 1. The van der Waals surface area contributed by atoms with Gasteiger partial charge in [0.1, 0.15) is 6.29 Å². The van der Waals surface area contributed by atoms with Crippen LogP contribution in [0.2, 0.25) is 0 Å². The molecule has 1 aliphatic rings. The third-order valence-corrected chi connectivity index (χ3v) is 6.63. The Bertz CT molecular complexity index is 1210. The molecule has 1 unspecified atom stereocenters. The molecule has 2 aromatic carbocycles. The lowest BCUT2D eigenvalue weighted by Crippen LogP contribution is -2.34. The first-order valence-corrected chi connectivity index (χ1v) is 11.6. The SMILES string of the molecule is C=C/C(=C\C)c1ccc2c(cnn2CC2C[C@@H](C)N(C(=O)CCc3cccc(C=O)c3)C2)c1. The Kier molecular flexibility index (Phi) is 6.87. The summed E-state index contributed by atoms with van der Waals surface area (Å²) in [5.41, 5.74) is 5.05. The molecule has 3 aromatic rings. The minimum absolute atomic E-state index is 0.180. The standard InChI is InChI=1S/C28H31N3O2/c1-4-24(5-2)25-10-11-27-26(15-25)16-29-31(27)18-23-13-20(3)30(17-23)28(33)12-9-21-7-6-8-22(14-21)19-32/h4-8,10-11,14-16,19-20,23H,1,9,12-13,17-18H2,2-3H3/b24-5+/t20-,23?/m1/s1. The molecule has 2 atom stereocenters. The second kappa shape index (κ2) is 9.99. The van der Waals surface area contributed by atoms with Gasteiger partial charge in [0, 0.05) is 36.5 Å². The number of carbonyl (C=O) groups excluding carboxylic acids is 2. The van der Waals surface area contributed by atoms with Gasteiger partial charge < -0.3 is 4.90 Å². The van der Waals surface area contributed by atoms with Gasteiger partial charge in [-0.1, -0.05) is 43.0 Å². The van der Waals surface area contributed by atoms with Crippen LogP contribution >= 0.6 is 0 Å². The molecular formula is C28H31N3O2. The highest BCUT2D eigenvalue weighted by atomic mass is 16.2. The number of hydrogen-bond acceptors (Lipinski definition) is 3. The molecule has 1 saturated heterocycles. The zero-order valence-electron chi connectivity index (χ0n) is 19.4. The van der Waals surface area contributed by atoms with E-state index in [1.165, 1.54) is 0 Å². The normalized spacial score (nSPS) is 18.6. The van der Waals surface area contributed by atoms with Crippen LogP contribution in [-0.2, 0) is 17.8 Å². The predicted molar refractivity (Wildman–Crippen MR) is 133 cm³/mol. The summed E-state index contributed by atoms with van der Waals surface area (Å²) >= 11 is 0. The van der Waals surface area contributed by atoms with E-state index in [2.05, 4.69) is 47.6 Å². The summed E-state index contributed by atoms with van der Waals surface area (Å²) in [6, 6.07) is 14.1. The fraction of sp³-hybridized carbons (Fsp3) is 0.321. The van der Waals surface area contributed by atoms with Gasteiger partial charge in [0.2, 0.25) is 5.91 Å². The maximum Gasteiger partial charge on any atom is 0.223 e. The molecule has 0 spiro atoms. The van der Waals surface area contributed by atoms with E-state index in [0.717, 1.165) is 53.4 Å². The van der Waals surface area contributed by atoms with Gasteiger partial charge in [-0.05, 0) is 67.5 Å². The third kappa shape index (κ3) is 4.98. The molecule has 1 aromatic heterocycles. The number of nitrogens with zero attached hydrogens (tertiary/aromatic N) is 3. The van der Waals surface area contributed by atoms with E-state index in [1.807, 2.05) is 42.3 Å². The summed E-state index contributed by atoms with van der Waals surface area (Å²) in [6.45, 7) is 9.60. The van der Waals surface area contributed by atoms with Crippen molar-refractivity contribution in [3.8, 4) is 0 Å². The molecule has 2 heterocycles. The van der Waals surface area contributed by atoms with Gasteiger partial charge in [-0.3, -0.25) is 14.3 Å². The number of aldehydes is 1. The molecular weight excluding hydrogens is 410 g/mol. The number of likely N-dealkylation sites (tertiary alicyclic amines) is 1. The monoisotopic (exact) mass is 441 g/mol. The summed E-state index contributed by atoms with van der Waals surface area (Å²) in [5, 5.41) is 5.75. The Hall–Kier alpha value is -3.47. The molecule has 0 N–H and O–H groups in total. The van der Waals surface area contributed by atoms with Crippen LogP contribution in [0, 0.1) is 5.92 Å². The third-order valence-electron chi connectivity index (χ3n) is 6.63. The summed E-state index contributed by atoms with van der Waals surface area (Å²) in [6.07, 6.45) is 8.79. The van der Waals surface area contributed by atoms with E-state index in [1.54, 1.807) is 6.07 Å². The molecule has 0 aliphatic carbocycles. The second-order valence-electron chi connectivity index (χ2n) is 8.91. The molecule has 0 radical (unpaired) electrons. The van der Waals surface area contributed by atoms with Crippen LogP contribution in [0.4, 0.5) is 0 Å². The van der Waals surface area contributed by atoms with Crippen LogP contribution in [-0.4, -0.2) is 39.5 Å². The number of allylic oxidation sites excluding steroid dienone is 3. The van der Waals surface area contributed by atoms with Gasteiger partial charge in [0.25, 0.3) is 0 Å². The molecule has 33 heavy (non-hydrogen) atoms. The molecule has 4 rings (SSSR count). The van der Waals surface area contributed by atoms with Crippen molar-refractivity contribution in [3.63, 3.8) is 0 Å². The number of carbonyl (C=O) groups is 2. The Morgan fingerprint density at radius 2 is 2.09 bits per heavy atom. The van der Waals surface area contributed by atoms with Crippen LogP contribution in [0.5, 0.6) is 0 Å². The van der Waals surface area contributed by atoms with Gasteiger partial charge in [0.05, 0.1) is 11.7 Å². The van der Waals surface area contributed by atoms with Crippen molar-refractivity contribution in [2.75, 3.05) is 6.54 Å². The maximum absolute atomic E-state index is 12.9. The maximum atomic E-state index is 12.9. The summed E-state index contributed by atoms with van der Waals surface area (Å²) in [4.78, 5) is 25.9. The molecule has 0 saturated carbocycles. The van der Waals surface area contributed by atoms with Crippen LogP contribution < -0.4 is 0 Å². The highest BCUT2D eigenvalue weighted by Crippen LogP contribution is 2.28. The number of aryl methyl sites for hydroxylation is 1. The minimum atomic E-state index is 0.180. The van der Waals surface area contributed by atoms with Crippen molar-refractivity contribution in [2.45, 2.75) is 45.7 Å². The van der Waals surface area contributed by atoms with Crippen molar-refractivity contribution in [2.24, 2.45) is 5.92 Å². The van der Waals surface area contributed by atoms with Crippen molar-refractivity contribution in [1.82, 2.24) is 14.7 Å². The number of aromatic nitrogens is 2. The highest BCUT2D eigenvalue weighted by Gasteiger charge is 2.32. The Morgan fingerprint density at radius 3 is 2.85 bits per heavy atom. The molecule has 1 amide bonds. The Labute approximate surface area is 195 Å². The quantitative estimate of drug-likeness (QED) is 0.352. The van der Waals surface area contributed by atoms with Crippen molar-refractivity contribution in [1.29, 1.82) is 0 Å². The number of rotatable bonds is 8. The van der Waals surface area contributed by atoms with Crippen LogP contribution in [0.1, 0.15) is 48.2 Å². The summed E-state index contributed by atoms with van der Waals surface area (Å²) in [7, 11) is 0. The van der Waals surface area contributed by atoms with E-state index in [9.17, 15) is 9.59 Å². The average Bonchev–Trinajstić information content (AvgIpc) is 3.41. The largest absolute Gasteiger partial charge is 0.340 e. The number of benzene rings is 2. The Morgan fingerprint density at radius 1 is 1.24 bits per heavy atom. The first-order valence-electron chi connectivity index (χ1n) is 11.6. The summed E-state index contributed by atoms with van der Waals surface area (Å²) < 4.78 is 2.07. The topological polar surface area (TPSA) is 55.2 Å². The summed E-state index contributed by atoms with van der Waals surface area (Å²) in [5.74, 6) is 0.559. The van der Waals surface area contributed by atoms with Crippen LogP contribution in [0.3, 0.4) is 0 Å². The molecule has 0 bridgehead atoms. The zero-order chi connectivity index (χ0) is 23.4. The van der Waals surface area contributed by atoms with Gasteiger partial charge in [-0.15, -0.1) is 0 Å². The second-order valence-corrected chi connectivity index (χ2v) is 8.91. The van der Waals surface area contributed by atoms with Crippen molar-refractivity contribution >= 4 is 28.7 Å². The van der Waals surface area contributed by atoms with Gasteiger partial charge in [-0.2, -0.15) is 5.10 Å². The lowest BCUT2D eigenvalue weighted by Gasteiger charge is -2.21. The molecule has 170 valence electrons. The first kappa shape index (κ1) is 22.7. The number of hydrogen-bond donors (Lipinski definition) is 0. The fourth-order valence-corrected chi connectivity index (χ4v) is 4.90. The van der Waals surface area contributed by atoms with E-state index in [4.69, 9.17) is 0 Å². The van der Waals surface area contributed by atoms with Crippen LogP contribution in [0.15, 0.2) is 67.4 Å². The molecule has 1 aliphatic heterocycles. The van der Waals surface area contributed by atoms with E-state index < -0.39 is 0 Å². The van der Waals surface area contributed by atoms with Crippen molar-refractivity contribution in [3.05, 3.63) is 84.1 Å². The lowest BCUT2D eigenvalue weighted by molar-refractivity contribution is -0.131. The van der Waals surface area contributed by atoms with Crippen LogP contribution in [0.25, 0.3) is 16.5 Å². The van der Waals surface area contributed by atoms with Gasteiger partial charge in [0.15, 0.2) is 0 Å². The Balaban J connectivity index is 1.39. The zero-order valence-corrected chi connectivity index (χ0v) is 19.4. The fourth-order valence-electron chi connectivity index (χ4n) is 4.90.